The third-order valence-electron chi connectivity index (χ3n) is 3.90. The van der Waals surface area contributed by atoms with E-state index in [4.69, 9.17) is 0 Å². The fourth-order valence-electron chi connectivity index (χ4n) is 2.50. The van der Waals surface area contributed by atoms with Crippen molar-refractivity contribution in [3.8, 4) is 0 Å². The third kappa shape index (κ3) is 2.84. The van der Waals surface area contributed by atoms with Crippen molar-refractivity contribution < 1.29 is 4.79 Å². The molecule has 1 saturated carbocycles. The first-order chi connectivity index (χ1) is 9.65. The van der Waals surface area contributed by atoms with Gasteiger partial charge in [0.05, 0.1) is 0 Å². The van der Waals surface area contributed by atoms with Crippen LogP contribution in [0.25, 0.3) is 0 Å². The van der Waals surface area contributed by atoms with Crippen LogP contribution in [-0.2, 0) is 0 Å². The predicted molar refractivity (Wildman–Crippen MR) is 93.3 cm³/mol. The van der Waals surface area contributed by atoms with Gasteiger partial charge in [-0.3, -0.25) is 4.79 Å². The molecule has 1 aliphatic carbocycles. The quantitative estimate of drug-likeness (QED) is 0.451. The van der Waals surface area contributed by atoms with Gasteiger partial charge in [0, 0.05) is 19.2 Å². The summed E-state index contributed by atoms with van der Waals surface area (Å²) in [5.74, 6) is 0.749. The molecule has 1 fully saturated rings. The summed E-state index contributed by atoms with van der Waals surface area (Å²) in [6.45, 7) is 0. The fourth-order valence-corrected chi connectivity index (χ4v) is 3.42. The van der Waals surface area contributed by atoms with Gasteiger partial charge >= 0.3 is 0 Å². The van der Waals surface area contributed by atoms with Gasteiger partial charge in [0.15, 0.2) is 5.78 Å². The Labute approximate surface area is 141 Å². The number of carbonyl (C=O) groups is 1. The van der Waals surface area contributed by atoms with Gasteiger partial charge < -0.3 is 0 Å². The Bertz CT molecular complexity index is 662. The lowest BCUT2D eigenvalue weighted by Gasteiger charge is -2.26. The van der Waals surface area contributed by atoms with Crippen LogP contribution < -0.4 is 0 Å². The van der Waals surface area contributed by atoms with E-state index < -0.39 is 0 Å². The van der Waals surface area contributed by atoms with E-state index in [2.05, 4.69) is 50.7 Å². The van der Waals surface area contributed by atoms with Gasteiger partial charge in [-0.2, -0.15) is 0 Å². The molecule has 0 radical (unpaired) electrons. The molecule has 0 bridgehead atoms. The molecule has 0 aromatic heterocycles. The molecular weight excluding hydrogens is 427 g/mol. The van der Waals surface area contributed by atoms with E-state index in [0.717, 1.165) is 19.2 Å². The number of benzene rings is 2. The van der Waals surface area contributed by atoms with Crippen LogP contribution in [0, 0.1) is 3.57 Å². The minimum absolute atomic E-state index is 0.0940. The standard InChI is InChI=1S/C17H14BrIO/c18-16-8-7-14(19)10-15(16)17(20)13-6-2-5-12(9-13)11-3-1-4-11/h2,5-11H,1,3-4H2. The minimum Gasteiger partial charge on any atom is -0.289 e. The molecule has 0 atom stereocenters. The summed E-state index contributed by atoms with van der Waals surface area (Å²) in [5.41, 5.74) is 2.84. The molecular formula is C17H14BrIO. The molecule has 3 rings (SSSR count). The number of hydrogen-bond acceptors (Lipinski definition) is 1. The molecule has 1 aliphatic rings. The van der Waals surface area contributed by atoms with Crippen molar-refractivity contribution in [3.63, 3.8) is 0 Å². The summed E-state index contributed by atoms with van der Waals surface area (Å²) in [6, 6.07) is 14.0. The van der Waals surface area contributed by atoms with Crippen LogP contribution in [0.5, 0.6) is 0 Å². The van der Waals surface area contributed by atoms with Crippen LogP contribution in [0.2, 0.25) is 0 Å². The lowest BCUT2D eigenvalue weighted by molar-refractivity contribution is 0.103. The molecule has 0 N–H and O–H groups in total. The smallest absolute Gasteiger partial charge is 0.194 e. The minimum atomic E-state index is 0.0940. The normalized spacial score (nSPS) is 14.9. The highest BCUT2D eigenvalue weighted by Crippen LogP contribution is 2.36. The lowest BCUT2D eigenvalue weighted by Crippen LogP contribution is -2.10. The second-order valence-electron chi connectivity index (χ2n) is 5.21. The number of halogens is 2. The first kappa shape index (κ1) is 14.3. The summed E-state index contributed by atoms with van der Waals surface area (Å²) in [6.07, 6.45) is 3.82. The van der Waals surface area contributed by atoms with E-state index in [-0.39, 0.29) is 5.78 Å². The van der Waals surface area contributed by atoms with E-state index in [0.29, 0.717) is 5.92 Å². The molecule has 2 aromatic rings. The number of rotatable bonds is 3. The summed E-state index contributed by atoms with van der Waals surface area (Å²) >= 11 is 5.71. The maximum Gasteiger partial charge on any atom is 0.194 e. The molecule has 0 aliphatic heterocycles. The Balaban J connectivity index is 1.95. The Morgan fingerprint density at radius 1 is 1.15 bits per heavy atom. The highest BCUT2D eigenvalue weighted by atomic mass is 127. The van der Waals surface area contributed by atoms with Gasteiger partial charge in [-0.05, 0) is 71.2 Å². The highest BCUT2D eigenvalue weighted by Gasteiger charge is 2.21. The van der Waals surface area contributed by atoms with E-state index in [9.17, 15) is 4.79 Å². The Hall–Kier alpha value is -0.680. The van der Waals surface area contributed by atoms with Crippen molar-refractivity contribution in [1.29, 1.82) is 0 Å². The molecule has 0 amide bonds. The molecule has 0 spiro atoms. The second-order valence-corrected chi connectivity index (χ2v) is 7.31. The molecule has 0 unspecified atom stereocenters. The molecule has 102 valence electrons. The first-order valence-electron chi connectivity index (χ1n) is 6.75. The average Bonchev–Trinajstić information content (AvgIpc) is 2.39. The van der Waals surface area contributed by atoms with Crippen LogP contribution >= 0.6 is 38.5 Å². The van der Waals surface area contributed by atoms with Crippen LogP contribution in [0.15, 0.2) is 46.9 Å². The van der Waals surface area contributed by atoms with E-state index >= 15 is 0 Å². The van der Waals surface area contributed by atoms with Crippen LogP contribution in [0.4, 0.5) is 0 Å². The largest absolute Gasteiger partial charge is 0.289 e. The van der Waals surface area contributed by atoms with Crippen molar-refractivity contribution in [2.45, 2.75) is 25.2 Å². The monoisotopic (exact) mass is 440 g/mol. The molecule has 2 aromatic carbocycles. The van der Waals surface area contributed by atoms with E-state index in [1.807, 2.05) is 30.3 Å². The van der Waals surface area contributed by atoms with Crippen molar-refractivity contribution in [2.75, 3.05) is 0 Å². The molecule has 0 saturated heterocycles. The zero-order valence-corrected chi connectivity index (χ0v) is 14.6. The number of ketones is 1. The summed E-state index contributed by atoms with van der Waals surface area (Å²) in [5, 5.41) is 0. The molecule has 1 nitrogen and oxygen atoms in total. The molecule has 3 heteroatoms. The Morgan fingerprint density at radius 2 is 1.95 bits per heavy atom. The average molecular weight is 441 g/mol. The SMILES string of the molecule is O=C(c1cccc(C2CCC2)c1)c1cc(I)ccc1Br. The van der Waals surface area contributed by atoms with Crippen LogP contribution in [0.3, 0.4) is 0 Å². The van der Waals surface area contributed by atoms with Gasteiger partial charge in [0.1, 0.15) is 0 Å². The maximum atomic E-state index is 12.7. The Kier molecular flexibility index (Phi) is 4.26. The van der Waals surface area contributed by atoms with Crippen LogP contribution in [-0.4, -0.2) is 5.78 Å². The maximum absolute atomic E-state index is 12.7. The number of carbonyl (C=O) groups excluding carboxylic acids is 1. The predicted octanol–water partition coefficient (Wildman–Crippen LogP) is 5.55. The van der Waals surface area contributed by atoms with Gasteiger partial charge in [-0.15, -0.1) is 0 Å². The lowest BCUT2D eigenvalue weighted by atomic mass is 9.79. The fraction of sp³-hybridized carbons (Fsp3) is 0.235. The van der Waals surface area contributed by atoms with Crippen LogP contribution in [0.1, 0.15) is 46.7 Å². The Morgan fingerprint density at radius 3 is 2.65 bits per heavy atom. The first-order valence-corrected chi connectivity index (χ1v) is 8.62. The van der Waals surface area contributed by atoms with E-state index in [1.165, 1.54) is 24.8 Å². The van der Waals surface area contributed by atoms with Gasteiger partial charge in [0.25, 0.3) is 0 Å². The highest BCUT2D eigenvalue weighted by molar-refractivity contribution is 14.1. The summed E-state index contributed by atoms with van der Waals surface area (Å²) < 4.78 is 1.93. The van der Waals surface area contributed by atoms with Crippen molar-refractivity contribution in [1.82, 2.24) is 0 Å². The van der Waals surface area contributed by atoms with E-state index in [1.54, 1.807) is 0 Å². The zero-order valence-electron chi connectivity index (χ0n) is 10.9. The van der Waals surface area contributed by atoms with Crippen molar-refractivity contribution in [2.24, 2.45) is 0 Å². The van der Waals surface area contributed by atoms with Gasteiger partial charge in [-0.1, -0.05) is 40.5 Å². The van der Waals surface area contributed by atoms with Gasteiger partial charge in [-0.25, -0.2) is 0 Å². The van der Waals surface area contributed by atoms with Crippen molar-refractivity contribution in [3.05, 3.63) is 67.2 Å². The molecule has 0 heterocycles. The number of hydrogen-bond donors (Lipinski definition) is 0. The summed E-state index contributed by atoms with van der Waals surface area (Å²) in [7, 11) is 0. The van der Waals surface area contributed by atoms with Gasteiger partial charge in [0.2, 0.25) is 0 Å². The summed E-state index contributed by atoms with van der Waals surface area (Å²) in [4.78, 5) is 12.7. The van der Waals surface area contributed by atoms with Crippen molar-refractivity contribution >= 4 is 44.3 Å². The topological polar surface area (TPSA) is 17.1 Å². The molecule has 20 heavy (non-hydrogen) atoms. The zero-order chi connectivity index (χ0) is 14.1. The second kappa shape index (κ2) is 5.98. The third-order valence-corrected chi connectivity index (χ3v) is 5.26.